The Bertz CT molecular complexity index is 231. The molecular formula is C15H29NO2. The number of piperidine rings is 1. The van der Waals surface area contributed by atoms with Crippen LogP contribution < -0.4 is 5.32 Å². The van der Waals surface area contributed by atoms with Crippen molar-refractivity contribution >= 4 is 5.97 Å². The van der Waals surface area contributed by atoms with Gasteiger partial charge in [-0.25, -0.2) is 0 Å². The zero-order valence-electron chi connectivity index (χ0n) is 12.0. The van der Waals surface area contributed by atoms with Crippen molar-refractivity contribution in [1.29, 1.82) is 0 Å². The van der Waals surface area contributed by atoms with Crippen LogP contribution in [0.4, 0.5) is 0 Å². The smallest absolute Gasteiger partial charge is 0.309 e. The van der Waals surface area contributed by atoms with Crippen LogP contribution in [-0.2, 0) is 9.53 Å². The highest BCUT2D eigenvalue weighted by atomic mass is 16.5. The number of ether oxygens (including phenoxy) is 1. The summed E-state index contributed by atoms with van der Waals surface area (Å²) in [5.41, 5.74) is 0. The standard InChI is InChI=1S/C15H29NO2/c1-3-4-5-6-7-8-11-18-15(17)14-9-10-16-13(2)12-14/h13-14,16H,3-12H2,1-2H3. The molecule has 2 unspecified atom stereocenters. The summed E-state index contributed by atoms with van der Waals surface area (Å²) in [5.74, 6) is 0.151. The van der Waals surface area contributed by atoms with Gasteiger partial charge >= 0.3 is 5.97 Å². The summed E-state index contributed by atoms with van der Waals surface area (Å²) in [5, 5.41) is 3.35. The largest absolute Gasteiger partial charge is 0.465 e. The van der Waals surface area contributed by atoms with Gasteiger partial charge in [-0.2, -0.15) is 0 Å². The van der Waals surface area contributed by atoms with Gasteiger partial charge in [0.15, 0.2) is 0 Å². The maximum Gasteiger partial charge on any atom is 0.309 e. The minimum atomic E-state index is 0.0249. The fraction of sp³-hybridized carbons (Fsp3) is 0.933. The Kier molecular flexibility index (Phi) is 8.06. The van der Waals surface area contributed by atoms with E-state index in [0.29, 0.717) is 12.6 Å². The topological polar surface area (TPSA) is 38.3 Å². The molecule has 1 saturated heterocycles. The molecule has 0 aromatic rings. The lowest BCUT2D eigenvalue weighted by Gasteiger charge is -2.26. The second-order valence-electron chi connectivity index (χ2n) is 5.51. The van der Waals surface area contributed by atoms with Gasteiger partial charge in [-0.15, -0.1) is 0 Å². The Labute approximate surface area is 112 Å². The summed E-state index contributed by atoms with van der Waals surface area (Å²) in [4.78, 5) is 11.8. The highest BCUT2D eigenvalue weighted by molar-refractivity contribution is 5.72. The van der Waals surface area contributed by atoms with Gasteiger partial charge in [0, 0.05) is 6.04 Å². The second-order valence-corrected chi connectivity index (χ2v) is 5.51. The molecule has 1 N–H and O–H groups in total. The minimum absolute atomic E-state index is 0.0249. The number of carbonyl (C=O) groups excluding carboxylic acids is 1. The van der Waals surface area contributed by atoms with E-state index in [4.69, 9.17) is 4.74 Å². The quantitative estimate of drug-likeness (QED) is 0.534. The van der Waals surface area contributed by atoms with Gasteiger partial charge in [0.2, 0.25) is 0 Å². The summed E-state index contributed by atoms with van der Waals surface area (Å²) in [7, 11) is 0. The third-order valence-electron chi connectivity index (χ3n) is 3.70. The summed E-state index contributed by atoms with van der Waals surface area (Å²) >= 11 is 0. The number of carbonyl (C=O) groups is 1. The highest BCUT2D eigenvalue weighted by Gasteiger charge is 2.25. The number of nitrogens with one attached hydrogen (secondary N) is 1. The highest BCUT2D eigenvalue weighted by Crippen LogP contribution is 2.17. The van der Waals surface area contributed by atoms with Crippen molar-refractivity contribution in [3.05, 3.63) is 0 Å². The molecule has 0 amide bonds. The Balaban J connectivity index is 1.99. The van der Waals surface area contributed by atoms with Crippen LogP contribution in [0, 0.1) is 5.92 Å². The number of hydrogen-bond donors (Lipinski definition) is 1. The molecule has 0 aromatic heterocycles. The van der Waals surface area contributed by atoms with Crippen LogP contribution in [0.25, 0.3) is 0 Å². The van der Waals surface area contributed by atoms with E-state index in [0.717, 1.165) is 25.8 Å². The fourth-order valence-electron chi connectivity index (χ4n) is 2.52. The number of rotatable bonds is 8. The Hall–Kier alpha value is -0.570. The maximum atomic E-state index is 11.8. The second kappa shape index (κ2) is 9.37. The maximum absolute atomic E-state index is 11.8. The average Bonchev–Trinajstić information content (AvgIpc) is 2.37. The molecule has 0 bridgehead atoms. The third-order valence-corrected chi connectivity index (χ3v) is 3.70. The van der Waals surface area contributed by atoms with Crippen molar-refractivity contribution in [2.75, 3.05) is 13.2 Å². The molecule has 0 saturated carbocycles. The molecule has 106 valence electrons. The van der Waals surface area contributed by atoms with E-state index in [1.54, 1.807) is 0 Å². The summed E-state index contributed by atoms with van der Waals surface area (Å²) in [6.45, 7) is 5.91. The van der Waals surface area contributed by atoms with E-state index in [9.17, 15) is 4.79 Å². The van der Waals surface area contributed by atoms with Crippen molar-refractivity contribution < 1.29 is 9.53 Å². The van der Waals surface area contributed by atoms with E-state index in [-0.39, 0.29) is 11.9 Å². The number of esters is 1. The van der Waals surface area contributed by atoms with Crippen LogP contribution in [0.5, 0.6) is 0 Å². The van der Waals surface area contributed by atoms with Crippen LogP contribution in [0.2, 0.25) is 0 Å². The van der Waals surface area contributed by atoms with E-state index in [1.165, 1.54) is 32.1 Å². The molecule has 2 atom stereocenters. The molecule has 0 aromatic carbocycles. The summed E-state index contributed by atoms with van der Waals surface area (Å²) < 4.78 is 5.37. The lowest BCUT2D eigenvalue weighted by molar-refractivity contribution is -0.149. The van der Waals surface area contributed by atoms with E-state index in [1.807, 2.05) is 0 Å². The van der Waals surface area contributed by atoms with E-state index < -0.39 is 0 Å². The lowest BCUT2D eigenvalue weighted by Crippen LogP contribution is -2.39. The molecule has 0 radical (unpaired) electrons. The van der Waals surface area contributed by atoms with Crippen molar-refractivity contribution in [2.24, 2.45) is 5.92 Å². The zero-order chi connectivity index (χ0) is 13.2. The van der Waals surface area contributed by atoms with Crippen LogP contribution in [-0.4, -0.2) is 25.2 Å². The SMILES string of the molecule is CCCCCCCCOC(=O)C1CCNC(C)C1. The molecule has 3 nitrogen and oxygen atoms in total. The van der Waals surface area contributed by atoms with Crippen molar-refractivity contribution in [3.63, 3.8) is 0 Å². The van der Waals surface area contributed by atoms with Crippen molar-refractivity contribution in [1.82, 2.24) is 5.32 Å². The van der Waals surface area contributed by atoms with Gasteiger partial charge < -0.3 is 10.1 Å². The van der Waals surface area contributed by atoms with Crippen LogP contribution >= 0.6 is 0 Å². The Morgan fingerprint density at radius 3 is 2.67 bits per heavy atom. The van der Waals surface area contributed by atoms with Gasteiger partial charge in [0.05, 0.1) is 12.5 Å². The lowest BCUT2D eigenvalue weighted by atomic mass is 9.93. The molecule has 1 fully saturated rings. The predicted molar refractivity (Wildman–Crippen MR) is 74.5 cm³/mol. The first-order valence-corrected chi connectivity index (χ1v) is 7.64. The zero-order valence-corrected chi connectivity index (χ0v) is 12.0. The molecular weight excluding hydrogens is 226 g/mol. The molecule has 0 aliphatic carbocycles. The number of unbranched alkanes of at least 4 members (excludes halogenated alkanes) is 5. The van der Waals surface area contributed by atoms with Gasteiger partial charge in [-0.05, 0) is 32.7 Å². The first-order chi connectivity index (χ1) is 8.74. The van der Waals surface area contributed by atoms with E-state index >= 15 is 0 Å². The third kappa shape index (κ3) is 6.39. The normalized spacial score (nSPS) is 23.9. The minimum Gasteiger partial charge on any atom is -0.465 e. The van der Waals surface area contributed by atoms with Gasteiger partial charge in [0.25, 0.3) is 0 Å². The van der Waals surface area contributed by atoms with Crippen molar-refractivity contribution in [2.45, 2.75) is 71.3 Å². The average molecular weight is 255 g/mol. The summed E-state index contributed by atoms with van der Waals surface area (Å²) in [6, 6.07) is 0.449. The van der Waals surface area contributed by atoms with Gasteiger partial charge in [-0.3, -0.25) is 4.79 Å². The van der Waals surface area contributed by atoms with Crippen LogP contribution in [0.3, 0.4) is 0 Å². The molecule has 1 heterocycles. The van der Waals surface area contributed by atoms with E-state index in [2.05, 4.69) is 19.2 Å². The molecule has 1 aliphatic rings. The molecule has 3 heteroatoms. The Morgan fingerprint density at radius 1 is 1.22 bits per heavy atom. The molecule has 18 heavy (non-hydrogen) atoms. The fourth-order valence-corrected chi connectivity index (χ4v) is 2.52. The van der Waals surface area contributed by atoms with Crippen molar-refractivity contribution in [3.8, 4) is 0 Å². The molecule has 1 aliphatic heterocycles. The first kappa shape index (κ1) is 15.5. The Morgan fingerprint density at radius 2 is 1.94 bits per heavy atom. The van der Waals surface area contributed by atoms with Gasteiger partial charge in [0.1, 0.15) is 0 Å². The monoisotopic (exact) mass is 255 g/mol. The first-order valence-electron chi connectivity index (χ1n) is 7.64. The summed E-state index contributed by atoms with van der Waals surface area (Å²) in [6.07, 6.45) is 9.27. The molecule has 0 spiro atoms. The number of hydrogen-bond acceptors (Lipinski definition) is 3. The van der Waals surface area contributed by atoms with Crippen LogP contribution in [0.15, 0.2) is 0 Å². The molecule has 1 rings (SSSR count). The van der Waals surface area contributed by atoms with Gasteiger partial charge in [-0.1, -0.05) is 39.0 Å². The predicted octanol–water partition coefficient (Wildman–Crippen LogP) is 3.28. The van der Waals surface area contributed by atoms with Crippen LogP contribution in [0.1, 0.15) is 65.2 Å².